The van der Waals surface area contributed by atoms with E-state index in [4.69, 9.17) is 18.0 Å². The standard InChI is InChI=1S/C14H20N2OS2/c1-10(8-9-19-2)16-14(17)12(13(15)18)11-6-4-3-5-7-11/h3-7,10,12H,8-9H2,1-2H3,(H2,15,18)(H,16,17). The predicted octanol–water partition coefficient (Wildman–Crippen LogP) is 2.31. The van der Waals surface area contributed by atoms with Crippen molar-refractivity contribution in [2.24, 2.45) is 5.73 Å². The van der Waals surface area contributed by atoms with Crippen LogP contribution in [0.5, 0.6) is 0 Å². The number of benzene rings is 1. The van der Waals surface area contributed by atoms with Gasteiger partial charge in [0.15, 0.2) is 0 Å². The van der Waals surface area contributed by atoms with Crippen LogP contribution in [0.15, 0.2) is 30.3 Å². The summed E-state index contributed by atoms with van der Waals surface area (Å²) in [4.78, 5) is 12.5. The zero-order chi connectivity index (χ0) is 14.3. The van der Waals surface area contributed by atoms with E-state index in [1.54, 1.807) is 11.8 Å². The lowest BCUT2D eigenvalue weighted by molar-refractivity contribution is -0.121. The molecule has 19 heavy (non-hydrogen) atoms. The normalized spacial score (nSPS) is 13.6. The van der Waals surface area contributed by atoms with E-state index in [0.717, 1.165) is 17.7 Å². The predicted molar refractivity (Wildman–Crippen MR) is 86.6 cm³/mol. The van der Waals surface area contributed by atoms with Crippen LogP contribution in [0.4, 0.5) is 0 Å². The minimum atomic E-state index is -0.548. The first kappa shape index (κ1) is 16.0. The fraction of sp³-hybridized carbons (Fsp3) is 0.429. The highest BCUT2D eigenvalue weighted by molar-refractivity contribution is 7.98. The van der Waals surface area contributed by atoms with Gasteiger partial charge >= 0.3 is 0 Å². The number of rotatable bonds is 7. The largest absolute Gasteiger partial charge is 0.392 e. The molecule has 0 saturated carbocycles. The lowest BCUT2D eigenvalue weighted by Crippen LogP contribution is -2.40. The third-order valence-electron chi connectivity index (χ3n) is 2.82. The molecule has 0 aliphatic heterocycles. The van der Waals surface area contributed by atoms with Crippen LogP contribution in [0.1, 0.15) is 24.8 Å². The van der Waals surface area contributed by atoms with Crippen LogP contribution in [0, 0.1) is 0 Å². The van der Waals surface area contributed by atoms with Gasteiger partial charge in [0.1, 0.15) is 5.92 Å². The molecule has 0 aromatic heterocycles. The van der Waals surface area contributed by atoms with Crippen molar-refractivity contribution in [3.05, 3.63) is 35.9 Å². The number of nitrogens with two attached hydrogens (primary N) is 1. The molecule has 0 fully saturated rings. The van der Waals surface area contributed by atoms with Crippen molar-refractivity contribution in [1.82, 2.24) is 5.32 Å². The number of nitrogens with one attached hydrogen (secondary N) is 1. The van der Waals surface area contributed by atoms with Gasteiger partial charge in [0, 0.05) is 6.04 Å². The maximum atomic E-state index is 12.3. The third-order valence-corrected chi connectivity index (χ3v) is 3.70. The second-order valence-electron chi connectivity index (χ2n) is 4.44. The monoisotopic (exact) mass is 296 g/mol. The fourth-order valence-corrected chi connectivity index (χ4v) is 2.62. The van der Waals surface area contributed by atoms with E-state index in [2.05, 4.69) is 11.6 Å². The number of thioether (sulfide) groups is 1. The number of thiocarbonyl (C=S) groups is 1. The third kappa shape index (κ3) is 5.20. The van der Waals surface area contributed by atoms with Crippen molar-refractivity contribution in [3.8, 4) is 0 Å². The van der Waals surface area contributed by atoms with Gasteiger partial charge in [0.05, 0.1) is 4.99 Å². The number of carbonyl (C=O) groups is 1. The van der Waals surface area contributed by atoms with Gasteiger partial charge in [-0.15, -0.1) is 0 Å². The molecule has 104 valence electrons. The van der Waals surface area contributed by atoms with E-state index < -0.39 is 5.92 Å². The Hall–Kier alpha value is -1.07. The summed E-state index contributed by atoms with van der Waals surface area (Å²) in [5.74, 6) is 0.352. The first-order chi connectivity index (χ1) is 9.06. The van der Waals surface area contributed by atoms with Crippen LogP contribution in [0.2, 0.25) is 0 Å². The highest BCUT2D eigenvalue weighted by Gasteiger charge is 2.24. The molecule has 2 atom stereocenters. The first-order valence-electron chi connectivity index (χ1n) is 6.19. The molecule has 1 rings (SSSR count). The van der Waals surface area contributed by atoms with Gasteiger partial charge in [-0.3, -0.25) is 4.79 Å². The number of hydrogen-bond acceptors (Lipinski definition) is 3. The lowest BCUT2D eigenvalue weighted by Gasteiger charge is -2.19. The minimum Gasteiger partial charge on any atom is -0.392 e. The van der Waals surface area contributed by atoms with Crippen LogP contribution in [-0.4, -0.2) is 28.9 Å². The zero-order valence-electron chi connectivity index (χ0n) is 11.3. The van der Waals surface area contributed by atoms with E-state index in [0.29, 0.717) is 0 Å². The summed E-state index contributed by atoms with van der Waals surface area (Å²) >= 11 is 6.79. The van der Waals surface area contributed by atoms with E-state index in [1.807, 2.05) is 37.3 Å². The number of carbonyl (C=O) groups excluding carboxylic acids is 1. The van der Waals surface area contributed by atoms with Crippen LogP contribution in [0.25, 0.3) is 0 Å². The fourth-order valence-electron chi connectivity index (χ4n) is 1.78. The molecular weight excluding hydrogens is 276 g/mol. The van der Waals surface area contributed by atoms with E-state index in [1.165, 1.54) is 0 Å². The van der Waals surface area contributed by atoms with Crippen molar-refractivity contribution in [1.29, 1.82) is 0 Å². The van der Waals surface area contributed by atoms with Crippen LogP contribution in [0.3, 0.4) is 0 Å². The van der Waals surface area contributed by atoms with Crippen molar-refractivity contribution < 1.29 is 4.79 Å². The number of hydrogen-bond donors (Lipinski definition) is 2. The Morgan fingerprint density at radius 2 is 2.05 bits per heavy atom. The van der Waals surface area contributed by atoms with Crippen molar-refractivity contribution in [3.63, 3.8) is 0 Å². The highest BCUT2D eigenvalue weighted by Crippen LogP contribution is 2.16. The summed E-state index contributed by atoms with van der Waals surface area (Å²) in [7, 11) is 0. The minimum absolute atomic E-state index is 0.118. The molecule has 2 unspecified atom stereocenters. The van der Waals surface area contributed by atoms with E-state index >= 15 is 0 Å². The SMILES string of the molecule is CSCCC(C)NC(=O)C(C(N)=S)c1ccccc1. The van der Waals surface area contributed by atoms with Gasteiger partial charge in [0.25, 0.3) is 0 Å². The Morgan fingerprint density at radius 1 is 1.42 bits per heavy atom. The van der Waals surface area contributed by atoms with Gasteiger partial charge in [0.2, 0.25) is 5.91 Å². The molecule has 0 radical (unpaired) electrons. The molecule has 0 heterocycles. The van der Waals surface area contributed by atoms with Gasteiger partial charge in [-0.05, 0) is 30.9 Å². The molecule has 0 bridgehead atoms. The van der Waals surface area contributed by atoms with Gasteiger partial charge in [-0.1, -0.05) is 42.5 Å². The molecule has 5 heteroatoms. The van der Waals surface area contributed by atoms with Crippen molar-refractivity contribution in [2.45, 2.75) is 25.3 Å². The van der Waals surface area contributed by atoms with Crippen LogP contribution >= 0.6 is 24.0 Å². The Bertz CT molecular complexity index is 423. The number of amides is 1. The summed E-state index contributed by atoms with van der Waals surface area (Å²) in [5.41, 5.74) is 6.55. The average Bonchev–Trinajstić information content (AvgIpc) is 2.37. The molecule has 3 nitrogen and oxygen atoms in total. The molecule has 0 spiro atoms. The molecular formula is C14H20N2OS2. The molecule has 0 aliphatic carbocycles. The Morgan fingerprint density at radius 3 is 2.58 bits per heavy atom. The summed E-state index contributed by atoms with van der Waals surface area (Å²) in [5, 5.41) is 2.97. The molecule has 3 N–H and O–H groups in total. The topological polar surface area (TPSA) is 55.1 Å². The van der Waals surface area contributed by atoms with Crippen molar-refractivity contribution >= 4 is 34.9 Å². The summed E-state index contributed by atoms with van der Waals surface area (Å²) in [6.07, 6.45) is 2.99. The van der Waals surface area contributed by atoms with Gasteiger partial charge in [-0.2, -0.15) is 11.8 Å². The lowest BCUT2D eigenvalue weighted by atomic mass is 9.98. The summed E-state index contributed by atoms with van der Waals surface area (Å²) in [6, 6.07) is 9.53. The summed E-state index contributed by atoms with van der Waals surface area (Å²) < 4.78 is 0. The second kappa shape index (κ2) is 8.17. The Kier molecular flexibility index (Phi) is 6.87. The van der Waals surface area contributed by atoms with Gasteiger partial charge in [-0.25, -0.2) is 0 Å². The maximum absolute atomic E-state index is 12.3. The molecule has 0 saturated heterocycles. The smallest absolute Gasteiger partial charge is 0.234 e. The van der Waals surface area contributed by atoms with E-state index in [-0.39, 0.29) is 16.9 Å². The molecule has 1 amide bonds. The Labute approximate surface area is 124 Å². The van der Waals surface area contributed by atoms with Gasteiger partial charge < -0.3 is 11.1 Å². The Balaban J connectivity index is 2.72. The highest BCUT2D eigenvalue weighted by atomic mass is 32.2. The van der Waals surface area contributed by atoms with E-state index in [9.17, 15) is 4.79 Å². The second-order valence-corrected chi connectivity index (χ2v) is 5.89. The molecule has 0 aliphatic rings. The van der Waals surface area contributed by atoms with Crippen molar-refractivity contribution in [2.75, 3.05) is 12.0 Å². The zero-order valence-corrected chi connectivity index (χ0v) is 12.9. The van der Waals surface area contributed by atoms with Crippen LogP contribution in [-0.2, 0) is 4.79 Å². The maximum Gasteiger partial charge on any atom is 0.234 e. The molecule has 1 aromatic carbocycles. The average molecular weight is 296 g/mol. The summed E-state index contributed by atoms with van der Waals surface area (Å²) in [6.45, 7) is 2.00. The quantitative estimate of drug-likeness (QED) is 0.758. The first-order valence-corrected chi connectivity index (χ1v) is 8.00. The van der Waals surface area contributed by atoms with Crippen LogP contribution < -0.4 is 11.1 Å². The molecule has 1 aromatic rings.